The molecule has 1 aliphatic rings. The van der Waals surface area contributed by atoms with Crippen LogP contribution in [0, 0.1) is 0 Å². The standard InChI is InChI=1S/C14H17BrN2O4/c1-2-8-5-9(15)3-4-11(8)16-14(21)17-7-10(18)6-12(17)13(19)20/h3-5,10,12,18H,2,6-7H2,1H3,(H,16,21)(H,19,20). The van der Waals surface area contributed by atoms with Crippen LogP contribution in [-0.2, 0) is 11.2 Å². The smallest absolute Gasteiger partial charge is 0.326 e. The van der Waals surface area contributed by atoms with E-state index < -0.39 is 24.1 Å². The number of halogens is 1. The Morgan fingerprint density at radius 3 is 2.81 bits per heavy atom. The van der Waals surface area contributed by atoms with Crippen molar-refractivity contribution in [3.05, 3.63) is 28.2 Å². The highest BCUT2D eigenvalue weighted by molar-refractivity contribution is 9.10. The number of nitrogens with one attached hydrogen (secondary N) is 1. The van der Waals surface area contributed by atoms with E-state index in [2.05, 4.69) is 21.2 Å². The average Bonchev–Trinajstić information content (AvgIpc) is 2.83. The Labute approximate surface area is 130 Å². The molecule has 2 atom stereocenters. The van der Waals surface area contributed by atoms with E-state index in [-0.39, 0.29) is 13.0 Å². The molecule has 0 radical (unpaired) electrons. The molecule has 6 nitrogen and oxygen atoms in total. The summed E-state index contributed by atoms with van der Waals surface area (Å²) < 4.78 is 0.914. The highest BCUT2D eigenvalue weighted by atomic mass is 79.9. The Morgan fingerprint density at radius 2 is 2.19 bits per heavy atom. The lowest BCUT2D eigenvalue weighted by molar-refractivity contribution is -0.141. The molecule has 2 amide bonds. The first-order valence-electron chi connectivity index (χ1n) is 6.69. The van der Waals surface area contributed by atoms with Gasteiger partial charge in [-0.25, -0.2) is 9.59 Å². The highest BCUT2D eigenvalue weighted by Gasteiger charge is 2.39. The summed E-state index contributed by atoms with van der Waals surface area (Å²) >= 11 is 3.37. The van der Waals surface area contributed by atoms with E-state index in [1.54, 1.807) is 6.07 Å². The molecule has 21 heavy (non-hydrogen) atoms. The molecule has 1 heterocycles. The SMILES string of the molecule is CCc1cc(Br)ccc1NC(=O)N1CC(O)CC1C(=O)O. The number of β-amino-alcohol motifs (C(OH)–C–C–N with tert-alkyl or cyclic N) is 1. The molecule has 1 fully saturated rings. The quantitative estimate of drug-likeness (QED) is 0.773. The Balaban J connectivity index is 2.16. The monoisotopic (exact) mass is 356 g/mol. The number of rotatable bonds is 3. The van der Waals surface area contributed by atoms with E-state index in [1.165, 1.54) is 0 Å². The van der Waals surface area contributed by atoms with Crippen LogP contribution in [0.5, 0.6) is 0 Å². The molecule has 1 aromatic carbocycles. The average molecular weight is 357 g/mol. The fraction of sp³-hybridized carbons (Fsp3) is 0.429. The maximum absolute atomic E-state index is 12.3. The van der Waals surface area contributed by atoms with Gasteiger partial charge in [0.2, 0.25) is 0 Å². The second-order valence-electron chi connectivity index (χ2n) is 4.98. The van der Waals surface area contributed by atoms with Crippen LogP contribution in [0.25, 0.3) is 0 Å². The maximum atomic E-state index is 12.3. The lowest BCUT2D eigenvalue weighted by Gasteiger charge is -2.22. The largest absolute Gasteiger partial charge is 0.480 e. The molecule has 2 rings (SSSR count). The van der Waals surface area contributed by atoms with Crippen molar-refractivity contribution in [1.82, 2.24) is 4.90 Å². The number of carbonyl (C=O) groups is 2. The van der Waals surface area contributed by atoms with Gasteiger partial charge in [-0.1, -0.05) is 22.9 Å². The number of carboxylic acids is 1. The topological polar surface area (TPSA) is 89.9 Å². The van der Waals surface area contributed by atoms with Gasteiger partial charge >= 0.3 is 12.0 Å². The van der Waals surface area contributed by atoms with Gasteiger partial charge in [0, 0.05) is 23.1 Å². The molecule has 1 aromatic rings. The van der Waals surface area contributed by atoms with Crippen molar-refractivity contribution in [3.63, 3.8) is 0 Å². The number of benzene rings is 1. The van der Waals surface area contributed by atoms with E-state index in [4.69, 9.17) is 5.11 Å². The van der Waals surface area contributed by atoms with Crippen LogP contribution in [0.2, 0.25) is 0 Å². The summed E-state index contributed by atoms with van der Waals surface area (Å²) in [6.07, 6.45) is -0.00329. The first-order valence-corrected chi connectivity index (χ1v) is 7.48. The van der Waals surface area contributed by atoms with Crippen molar-refractivity contribution in [1.29, 1.82) is 0 Å². The summed E-state index contributed by atoms with van der Waals surface area (Å²) in [5.74, 6) is -1.10. The van der Waals surface area contributed by atoms with Crippen LogP contribution in [0.1, 0.15) is 18.9 Å². The van der Waals surface area contributed by atoms with Crippen LogP contribution >= 0.6 is 15.9 Å². The Bertz CT molecular complexity index is 564. The van der Waals surface area contributed by atoms with Gasteiger partial charge in [-0.3, -0.25) is 0 Å². The lowest BCUT2D eigenvalue weighted by atomic mass is 10.1. The summed E-state index contributed by atoms with van der Waals surface area (Å²) in [7, 11) is 0. The van der Waals surface area contributed by atoms with Crippen LogP contribution < -0.4 is 5.32 Å². The molecule has 3 N–H and O–H groups in total. The van der Waals surface area contributed by atoms with Gasteiger partial charge in [-0.2, -0.15) is 0 Å². The van der Waals surface area contributed by atoms with E-state index in [1.807, 2.05) is 19.1 Å². The van der Waals surface area contributed by atoms with Crippen molar-refractivity contribution in [2.45, 2.75) is 31.9 Å². The van der Waals surface area contributed by atoms with Gasteiger partial charge in [0.05, 0.1) is 6.10 Å². The summed E-state index contributed by atoms with van der Waals surface area (Å²) in [5.41, 5.74) is 1.60. The zero-order valence-electron chi connectivity index (χ0n) is 11.5. The first kappa shape index (κ1) is 15.8. The van der Waals surface area contributed by atoms with Crippen molar-refractivity contribution in [2.75, 3.05) is 11.9 Å². The van der Waals surface area contributed by atoms with Crippen molar-refractivity contribution >= 4 is 33.6 Å². The molecule has 2 unspecified atom stereocenters. The number of aliphatic hydroxyl groups is 1. The van der Waals surface area contributed by atoms with E-state index >= 15 is 0 Å². The van der Waals surface area contributed by atoms with E-state index in [0.29, 0.717) is 5.69 Å². The molecule has 0 saturated carbocycles. The summed E-state index contributed by atoms with van der Waals surface area (Å²) in [6.45, 7) is 2.00. The van der Waals surface area contributed by atoms with Crippen molar-refractivity contribution < 1.29 is 19.8 Å². The third-order valence-electron chi connectivity index (χ3n) is 3.51. The number of aliphatic hydroxyl groups excluding tert-OH is 1. The number of carbonyl (C=O) groups excluding carboxylic acids is 1. The number of likely N-dealkylation sites (tertiary alicyclic amines) is 1. The predicted octanol–water partition coefficient (Wildman–Crippen LogP) is 2.06. The van der Waals surface area contributed by atoms with Crippen molar-refractivity contribution in [3.8, 4) is 0 Å². The minimum Gasteiger partial charge on any atom is -0.480 e. The van der Waals surface area contributed by atoms with Gasteiger partial charge < -0.3 is 20.4 Å². The zero-order valence-corrected chi connectivity index (χ0v) is 13.1. The van der Waals surface area contributed by atoms with Crippen LogP contribution in [0.4, 0.5) is 10.5 Å². The Kier molecular flexibility index (Phi) is 4.84. The van der Waals surface area contributed by atoms with Crippen LogP contribution in [-0.4, -0.2) is 45.8 Å². The zero-order chi connectivity index (χ0) is 15.6. The normalized spacial score (nSPS) is 21.4. The number of carboxylic acid groups (broad SMARTS) is 1. The predicted molar refractivity (Wildman–Crippen MR) is 81.3 cm³/mol. The number of nitrogens with zero attached hydrogens (tertiary/aromatic N) is 1. The second-order valence-corrected chi connectivity index (χ2v) is 5.90. The Morgan fingerprint density at radius 1 is 1.48 bits per heavy atom. The third-order valence-corrected chi connectivity index (χ3v) is 4.01. The molecule has 1 aliphatic heterocycles. The Hall–Kier alpha value is -1.60. The number of urea groups is 1. The molecular formula is C14H17BrN2O4. The van der Waals surface area contributed by atoms with Gasteiger partial charge in [-0.05, 0) is 30.2 Å². The molecule has 0 spiro atoms. The number of aryl methyl sites for hydroxylation is 1. The van der Waals surface area contributed by atoms with E-state index in [0.717, 1.165) is 21.4 Å². The second kappa shape index (κ2) is 6.44. The number of hydrogen-bond acceptors (Lipinski definition) is 3. The summed E-state index contributed by atoms with van der Waals surface area (Å²) in [5, 5.41) is 21.4. The van der Waals surface area contributed by atoms with Crippen molar-refractivity contribution in [2.24, 2.45) is 0 Å². The molecule has 0 aliphatic carbocycles. The molecule has 0 aromatic heterocycles. The summed E-state index contributed by atoms with van der Waals surface area (Å²) in [4.78, 5) is 24.6. The molecule has 0 bridgehead atoms. The van der Waals surface area contributed by atoms with Gasteiger partial charge in [0.1, 0.15) is 6.04 Å². The minimum atomic E-state index is -1.10. The van der Waals surface area contributed by atoms with Gasteiger partial charge in [0.25, 0.3) is 0 Å². The number of amides is 2. The fourth-order valence-electron chi connectivity index (χ4n) is 2.44. The number of hydrogen-bond donors (Lipinski definition) is 3. The van der Waals surface area contributed by atoms with Crippen LogP contribution in [0.15, 0.2) is 22.7 Å². The molecule has 114 valence electrons. The highest BCUT2D eigenvalue weighted by Crippen LogP contribution is 2.24. The first-order chi connectivity index (χ1) is 9.92. The van der Waals surface area contributed by atoms with Crippen LogP contribution in [0.3, 0.4) is 0 Å². The number of anilines is 1. The van der Waals surface area contributed by atoms with Gasteiger partial charge in [0.15, 0.2) is 0 Å². The minimum absolute atomic E-state index is 0.0286. The third kappa shape index (κ3) is 3.54. The molecule has 7 heteroatoms. The number of aliphatic carboxylic acids is 1. The fourth-order valence-corrected chi connectivity index (χ4v) is 2.84. The summed E-state index contributed by atoms with van der Waals surface area (Å²) in [6, 6.07) is 3.99. The molecular weight excluding hydrogens is 340 g/mol. The maximum Gasteiger partial charge on any atom is 0.326 e. The lowest BCUT2D eigenvalue weighted by Crippen LogP contribution is -2.43. The van der Waals surface area contributed by atoms with Gasteiger partial charge in [-0.15, -0.1) is 0 Å². The van der Waals surface area contributed by atoms with E-state index in [9.17, 15) is 14.7 Å². The molecule has 1 saturated heterocycles.